The summed E-state index contributed by atoms with van der Waals surface area (Å²) in [6.07, 6.45) is 1.99. The van der Waals surface area contributed by atoms with E-state index in [1.807, 2.05) is 13.8 Å². The van der Waals surface area contributed by atoms with Gasteiger partial charge in [0.2, 0.25) is 0 Å². The molecular weight excluding hydrogens is 154 g/mol. The first-order chi connectivity index (χ1) is 5.75. The normalized spacial score (nSPS) is 8.25. The van der Waals surface area contributed by atoms with Crippen LogP contribution < -0.4 is 5.73 Å². The van der Waals surface area contributed by atoms with Gasteiger partial charge in [-0.15, -0.1) is 0 Å². The minimum Gasteiger partial charge on any atom is -0.383 e. The maximum atomic E-state index is 10.3. The molecule has 0 aliphatic rings. The topological polar surface area (TPSA) is 68.9 Å². The highest BCUT2D eigenvalue weighted by Crippen LogP contribution is 2.06. The van der Waals surface area contributed by atoms with Gasteiger partial charge in [-0.25, -0.2) is 9.97 Å². The summed E-state index contributed by atoms with van der Waals surface area (Å²) in [4.78, 5) is 17.7. The van der Waals surface area contributed by atoms with Crippen LogP contribution in [0.1, 0.15) is 29.9 Å². The lowest BCUT2D eigenvalue weighted by Gasteiger charge is -1.97. The third-order valence-corrected chi connectivity index (χ3v) is 1.23. The summed E-state index contributed by atoms with van der Waals surface area (Å²) in [6, 6.07) is 0. The van der Waals surface area contributed by atoms with Gasteiger partial charge in [-0.2, -0.15) is 0 Å². The van der Waals surface area contributed by atoms with Crippen molar-refractivity contribution in [1.82, 2.24) is 9.97 Å². The lowest BCUT2D eigenvalue weighted by molar-refractivity contribution is 0.112. The van der Waals surface area contributed by atoms with Crippen molar-refractivity contribution in [2.45, 2.75) is 20.8 Å². The SMILES string of the molecule is CC.Cc1ncnc(N)c1C=O. The van der Waals surface area contributed by atoms with Crippen molar-refractivity contribution in [2.75, 3.05) is 5.73 Å². The van der Waals surface area contributed by atoms with E-state index in [-0.39, 0.29) is 5.82 Å². The Bertz CT molecular complexity index is 240. The van der Waals surface area contributed by atoms with E-state index < -0.39 is 0 Å². The molecule has 0 aliphatic carbocycles. The Kier molecular flexibility index (Phi) is 4.60. The first kappa shape index (κ1) is 10.6. The number of nitrogen functional groups attached to an aromatic ring is 1. The molecule has 0 spiro atoms. The molecule has 0 unspecified atom stereocenters. The van der Waals surface area contributed by atoms with Crippen molar-refractivity contribution >= 4 is 12.1 Å². The second-order valence-electron chi connectivity index (χ2n) is 1.88. The Labute approximate surface area is 71.8 Å². The van der Waals surface area contributed by atoms with E-state index in [1.54, 1.807) is 6.92 Å². The van der Waals surface area contributed by atoms with Gasteiger partial charge in [-0.1, -0.05) is 13.8 Å². The molecular formula is C8H13N3O. The van der Waals surface area contributed by atoms with Gasteiger partial charge < -0.3 is 5.73 Å². The Morgan fingerprint density at radius 2 is 2.00 bits per heavy atom. The van der Waals surface area contributed by atoms with Gasteiger partial charge in [0.1, 0.15) is 12.1 Å². The largest absolute Gasteiger partial charge is 0.383 e. The number of aryl methyl sites for hydroxylation is 1. The van der Waals surface area contributed by atoms with Crippen molar-refractivity contribution in [3.8, 4) is 0 Å². The average molecular weight is 167 g/mol. The van der Waals surface area contributed by atoms with Gasteiger partial charge in [-0.3, -0.25) is 4.79 Å². The highest BCUT2D eigenvalue weighted by Gasteiger charge is 2.01. The molecule has 2 N–H and O–H groups in total. The summed E-state index contributed by atoms with van der Waals surface area (Å²) in [7, 11) is 0. The molecule has 0 atom stereocenters. The molecule has 0 aliphatic heterocycles. The standard InChI is InChI=1S/C6H7N3O.C2H6/c1-4-5(2-10)6(7)9-3-8-4;1-2/h2-3H,1H3,(H2,7,8,9);1-2H3. The van der Waals surface area contributed by atoms with E-state index in [4.69, 9.17) is 5.73 Å². The molecule has 1 aromatic rings. The summed E-state index contributed by atoms with van der Waals surface area (Å²) in [5, 5.41) is 0. The lowest BCUT2D eigenvalue weighted by atomic mass is 10.2. The summed E-state index contributed by atoms with van der Waals surface area (Å²) in [5.41, 5.74) is 6.34. The molecule has 12 heavy (non-hydrogen) atoms. The summed E-state index contributed by atoms with van der Waals surface area (Å²) in [6.45, 7) is 5.71. The van der Waals surface area contributed by atoms with Crippen LogP contribution in [0.5, 0.6) is 0 Å². The van der Waals surface area contributed by atoms with Crippen LogP contribution in [-0.4, -0.2) is 16.3 Å². The minimum atomic E-state index is 0.238. The van der Waals surface area contributed by atoms with Gasteiger partial charge in [0.15, 0.2) is 6.29 Å². The Morgan fingerprint density at radius 1 is 1.42 bits per heavy atom. The highest BCUT2D eigenvalue weighted by atomic mass is 16.1. The van der Waals surface area contributed by atoms with Crippen LogP contribution in [0.15, 0.2) is 6.33 Å². The number of nitrogens with two attached hydrogens (primary N) is 1. The number of hydrogen-bond acceptors (Lipinski definition) is 4. The van der Waals surface area contributed by atoms with Gasteiger partial charge in [-0.05, 0) is 6.92 Å². The maximum Gasteiger partial charge on any atom is 0.155 e. The van der Waals surface area contributed by atoms with Crippen LogP contribution in [0, 0.1) is 6.92 Å². The van der Waals surface area contributed by atoms with Gasteiger partial charge in [0, 0.05) is 0 Å². The molecule has 66 valence electrons. The van der Waals surface area contributed by atoms with E-state index >= 15 is 0 Å². The fourth-order valence-electron chi connectivity index (χ4n) is 0.648. The summed E-state index contributed by atoms with van der Waals surface area (Å²) >= 11 is 0. The molecule has 0 radical (unpaired) electrons. The van der Waals surface area contributed by atoms with Gasteiger partial charge >= 0.3 is 0 Å². The van der Waals surface area contributed by atoms with Crippen LogP contribution >= 0.6 is 0 Å². The van der Waals surface area contributed by atoms with E-state index in [0.29, 0.717) is 17.5 Å². The van der Waals surface area contributed by atoms with Gasteiger partial charge in [0.05, 0.1) is 11.3 Å². The van der Waals surface area contributed by atoms with Crippen LogP contribution in [-0.2, 0) is 0 Å². The molecule has 1 aromatic heterocycles. The predicted molar refractivity (Wildman–Crippen MR) is 47.9 cm³/mol. The smallest absolute Gasteiger partial charge is 0.155 e. The van der Waals surface area contributed by atoms with E-state index in [2.05, 4.69) is 9.97 Å². The minimum absolute atomic E-state index is 0.238. The number of anilines is 1. The fraction of sp³-hybridized carbons (Fsp3) is 0.375. The molecule has 0 saturated heterocycles. The Hall–Kier alpha value is -1.45. The number of carbonyl (C=O) groups excluding carboxylic acids is 1. The monoisotopic (exact) mass is 167 g/mol. The van der Waals surface area contributed by atoms with Crippen molar-refractivity contribution in [3.63, 3.8) is 0 Å². The van der Waals surface area contributed by atoms with Crippen LogP contribution in [0.4, 0.5) is 5.82 Å². The Morgan fingerprint density at radius 3 is 2.33 bits per heavy atom. The lowest BCUT2D eigenvalue weighted by Crippen LogP contribution is -2.00. The zero-order valence-electron chi connectivity index (χ0n) is 7.53. The van der Waals surface area contributed by atoms with Crippen molar-refractivity contribution in [3.05, 3.63) is 17.6 Å². The van der Waals surface area contributed by atoms with E-state index in [9.17, 15) is 4.79 Å². The number of nitrogens with zero attached hydrogens (tertiary/aromatic N) is 2. The maximum absolute atomic E-state index is 10.3. The number of aldehydes is 1. The zero-order valence-corrected chi connectivity index (χ0v) is 7.53. The van der Waals surface area contributed by atoms with Crippen molar-refractivity contribution in [2.24, 2.45) is 0 Å². The molecule has 1 heterocycles. The molecule has 0 fully saturated rings. The summed E-state index contributed by atoms with van der Waals surface area (Å²) in [5.74, 6) is 0.238. The first-order valence-corrected chi connectivity index (χ1v) is 3.78. The van der Waals surface area contributed by atoms with Crippen molar-refractivity contribution in [1.29, 1.82) is 0 Å². The number of aromatic nitrogens is 2. The highest BCUT2D eigenvalue weighted by molar-refractivity contribution is 5.82. The molecule has 4 nitrogen and oxygen atoms in total. The first-order valence-electron chi connectivity index (χ1n) is 3.78. The molecule has 0 amide bonds. The molecule has 0 saturated carbocycles. The third kappa shape index (κ3) is 2.30. The second kappa shape index (κ2) is 5.23. The van der Waals surface area contributed by atoms with Gasteiger partial charge in [0.25, 0.3) is 0 Å². The van der Waals surface area contributed by atoms with Crippen LogP contribution in [0.2, 0.25) is 0 Å². The molecule has 0 bridgehead atoms. The number of hydrogen-bond donors (Lipinski definition) is 1. The predicted octanol–water partition coefficient (Wildman–Crippen LogP) is 1.21. The van der Waals surface area contributed by atoms with E-state index in [0.717, 1.165) is 0 Å². The van der Waals surface area contributed by atoms with Crippen molar-refractivity contribution < 1.29 is 4.79 Å². The summed E-state index contributed by atoms with van der Waals surface area (Å²) < 4.78 is 0. The third-order valence-electron chi connectivity index (χ3n) is 1.23. The molecule has 4 heteroatoms. The Balaban J connectivity index is 0.000000561. The average Bonchev–Trinajstić information content (AvgIpc) is 2.08. The fourth-order valence-corrected chi connectivity index (χ4v) is 0.648. The second-order valence-corrected chi connectivity index (χ2v) is 1.88. The van der Waals surface area contributed by atoms with Crippen LogP contribution in [0.25, 0.3) is 0 Å². The number of carbonyl (C=O) groups is 1. The molecule has 0 aromatic carbocycles. The zero-order chi connectivity index (χ0) is 9.56. The molecule has 1 rings (SSSR count). The number of rotatable bonds is 1. The van der Waals surface area contributed by atoms with E-state index in [1.165, 1.54) is 6.33 Å². The van der Waals surface area contributed by atoms with Crippen LogP contribution in [0.3, 0.4) is 0 Å². The quantitative estimate of drug-likeness (QED) is 0.638.